The van der Waals surface area contributed by atoms with E-state index in [0.29, 0.717) is 22.0 Å². The molecule has 0 saturated heterocycles. The largest absolute Gasteiger partial charge is 0.463 e. The molecule has 0 radical (unpaired) electrons. The van der Waals surface area contributed by atoms with Crippen LogP contribution in [0.4, 0.5) is 0 Å². The maximum atomic E-state index is 12.8. The predicted octanol–water partition coefficient (Wildman–Crippen LogP) is 3.14. The molecule has 0 aliphatic carbocycles. The number of aromatic nitrogens is 2. The van der Waals surface area contributed by atoms with Gasteiger partial charge < -0.3 is 4.42 Å². The van der Waals surface area contributed by atoms with Gasteiger partial charge in [0, 0.05) is 12.4 Å². The highest BCUT2D eigenvalue weighted by Gasteiger charge is 2.21. The molecule has 7 heteroatoms. The first kappa shape index (κ1) is 17.3. The zero-order valence-electron chi connectivity index (χ0n) is 14.3. The molecule has 0 atom stereocenters. The van der Waals surface area contributed by atoms with E-state index < -0.39 is 10.0 Å². The summed E-state index contributed by atoms with van der Waals surface area (Å²) in [5.41, 5.74) is 3.49. The summed E-state index contributed by atoms with van der Waals surface area (Å²) in [5.74, 6) is 0.546. The van der Waals surface area contributed by atoms with Crippen molar-refractivity contribution in [3.63, 3.8) is 0 Å². The number of hydrogen-bond donors (Lipinski definition) is 1. The van der Waals surface area contributed by atoms with Crippen LogP contribution in [0.2, 0.25) is 0 Å². The van der Waals surface area contributed by atoms with Crippen molar-refractivity contribution >= 4 is 10.0 Å². The molecule has 6 nitrogen and oxygen atoms in total. The summed E-state index contributed by atoms with van der Waals surface area (Å²) >= 11 is 0. The van der Waals surface area contributed by atoms with Crippen molar-refractivity contribution in [3.05, 3.63) is 65.3 Å². The summed E-state index contributed by atoms with van der Waals surface area (Å²) in [6.07, 6.45) is 4.61. The number of furan rings is 1. The van der Waals surface area contributed by atoms with Gasteiger partial charge in [-0.2, -0.15) is 0 Å². The standard InChI is InChI=1S/C18H19N3O3S/c1-12-9-13(2)18(14(3)10-12)25(22,23)21-11-15-17(20-7-6-19-15)16-5-4-8-24-16/h4-10,21H,11H2,1-3H3. The summed E-state index contributed by atoms with van der Waals surface area (Å²) in [6, 6.07) is 7.23. The molecule has 25 heavy (non-hydrogen) atoms. The second-order valence-corrected chi connectivity index (χ2v) is 7.59. The molecule has 0 saturated carbocycles. The Kier molecular flexibility index (Phi) is 4.69. The molecule has 0 fully saturated rings. The van der Waals surface area contributed by atoms with Gasteiger partial charge in [-0.3, -0.25) is 4.98 Å². The number of aryl methyl sites for hydroxylation is 3. The number of rotatable bonds is 5. The van der Waals surface area contributed by atoms with Gasteiger partial charge in [-0.1, -0.05) is 17.7 Å². The quantitative estimate of drug-likeness (QED) is 0.758. The van der Waals surface area contributed by atoms with Crippen LogP contribution in [0.3, 0.4) is 0 Å². The van der Waals surface area contributed by atoms with E-state index in [-0.39, 0.29) is 6.54 Å². The van der Waals surface area contributed by atoms with Crippen LogP contribution < -0.4 is 4.72 Å². The molecule has 0 amide bonds. The number of sulfonamides is 1. The van der Waals surface area contributed by atoms with Crippen LogP contribution in [0, 0.1) is 20.8 Å². The van der Waals surface area contributed by atoms with Crippen LogP contribution >= 0.6 is 0 Å². The van der Waals surface area contributed by atoms with Crippen molar-refractivity contribution in [3.8, 4) is 11.5 Å². The molecule has 1 aromatic carbocycles. The van der Waals surface area contributed by atoms with E-state index in [1.54, 1.807) is 32.2 Å². The minimum Gasteiger partial charge on any atom is -0.463 e. The smallest absolute Gasteiger partial charge is 0.241 e. The molecule has 0 bridgehead atoms. The zero-order chi connectivity index (χ0) is 18.0. The van der Waals surface area contributed by atoms with Crippen molar-refractivity contribution in [2.45, 2.75) is 32.2 Å². The molecule has 2 heterocycles. The lowest BCUT2D eigenvalue weighted by atomic mass is 10.1. The highest BCUT2D eigenvalue weighted by Crippen LogP contribution is 2.23. The van der Waals surface area contributed by atoms with E-state index in [2.05, 4.69) is 14.7 Å². The summed E-state index contributed by atoms with van der Waals surface area (Å²) in [5, 5.41) is 0. The maximum Gasteiger partial charge on any atom is 0.241 e. The fourth-order valence-electron chi connectivity index (χ4n) is 2.94. The topological polar surface area (TPSA) is 85.1 Å². The zero-order valence-corrected chi connectivity index (χ0v) is 15.1. The molecular formula is C18H19N3O3S. The van der Waals surface area contributed by atoms with Gasteiger partial charge in [-0.05, 0) is 44.0 Å². The van der Waals surface area contributed by atoms with Crippen molar-refractivity contribution in [1.82, 2.24) is 14.7 Å². The van der Waals surface area contributed by atoms with Gasteiger partial charge in [-0.15, -0.1) is 0 Å². The summed E-state index contributed by atoms with van der Waals surface area (Å²) in [6.45, 7) is 5.56. The van der Waals surface area contributed by atoms with Crippen LogP contribution in [0.5, 0.6) is 0 Å². The Bertz CT molecular complexity index is 973. The second kappa shape index (κ2) is 6.78. The number of nitrogens with zero attached hydrogens (tertiary/aromatic N) is 2. The molecular weight excluding hydrogens is 338 g/mol. The van der Waals surface area contributed by atoms with Crippen LogP contribution in [0.15, 0.2) is 52.2 Å². The molecule has 0 spiro atoms. The first-order chi connectivity index (χ1) is 11.9. The summed E-state index contributed by atoms with van der Waals surface area (Å²) < 4.78 is 33.5. The van der Waals surface area contributed by atoms with Crippen molar-refractivity contribution in [1.29, 1.82) is 0 Å². The lowest BCUT2D eigenvalue weighted by molar-refractivity contribution is 0.573. The Balaban J connectivity index is 1.90. The minimum atomic E-state index is -3.67. The average molecular weight is 357 g/mol. The van der Waals surface area contributed by atoms with E-state index in [0.717, 1.165) is 16.7 Å². The first-order valence-corrected chi connectivity index (χ1v) is 9.28. The molecule has 0 unspecified atom stereocenters. The van der Waals surface area contributed by atoms with E-state index >= 15 is 0 Å². The lowest BCUT2D eigenvalue weighted by Gasteiger charge is -2.13. The summed E-state index contributed by atoms with van der Waals surface area (Å²) in [7, 11) is -3.67. The van der Waals surface area contributed by atoms with Gasteiger partial charge in [0.1, 0.15) is 5.69 Å². The van der Waals surface area contributed by atoms with Crippen LogP contribution in [-0.4, -0.2) is 18.4 Å². The first-order valence-electron chi connectivity index (χ1n) is 7.80. The Morgan fingerprint density at radius 2 is 1.76 bits per heavy atom. The van der Waals surface area contributed by atoms with Gasteiger partial charge in [0.05, 0.1) is 23.4 Å². The molecule has 3 rings (SSSR count). The van der Waals surface area contributed by atoms with E-state index in [4.69, 9.17) is 4.42 Å². The Morgan fingerprint density at radius 1 is 1.08 bits per heavy atom. The van der Waals surface area contributed by atoms with Gasteiger partial charge >= 0.3 is 0 Å². The Hall–Kier alpha value is -2.51. The third kappa shape index (κ3) is 3.62. The van der Waals surface area contributed by atoms with E-state index in [1.165, 1.54) is 12.5 Å². The fraction of sp³-hybridized carbons (Fsp3) is 0.222. The van der Waals surface area contributed by atoms with Gasteiger partial charge in [0.15, 0.2) is 5.76 Å². The van der Waals surface area contributed by atoms with Crippen molar-refractivity contribution in [2.75, 3.05) is 0 Å². The SMILES string of the molecule is Cc1cc(C)c(S(=O)(=O)NCc2nccnc2-c2ccco2)c(C)c1. The fourth-order valence-corrected chi connectivity index (χ4v) is 4.38. The molecule has 3 aromatic rings. The average Bonchev–Trinajstić information content (AvgIpc) is 3.06. The van der Waals surface area contributed by atoms with Crippen LogP contribution in [-0.2, 0) is 16.6 Å². The highest BCUT2D eigenvalue weighted by molar-refractivity contribution is 7.89. The molecule has 1 N–H and O–H groups in total. The molecule has 130 valence electrons. The van der Waals surface area contributed by atoms with E-state index in [1.807, 2.05) is 19.1 Å². The second-order valence-electron chi connectivity index (χ2n) is 5.88. The van der Waals surface area contributed by atoms with Crippen LogP contribution in [0.25, 0.3) is 11.5 Å². The maximum absolute atomic E-state index is 12.8. The predicted molar refractivity (Wildman–Crippen MR) is 94.4 cm³/mol. The lowest BCUT2D eigenvalue weighted by Crippen LogP contribution is -2.25. The van der Waals surface area contributed by atoms with Gasteiger partial charge in [-0.25, -0.2) is 18.1 Å². The van der Waals surface area contributed by atoms with Gasteiger partial charge in [0.2, 0.25) is 10.0 Å². The van der Waals surface area contributed by atoms with Crippen molar-refractivity contribution < 1.29 is 12.8 Å². The molecule has 2 aromatic heterocycles. The third-order valence-corrected chi connectivity index (χ3v) is 5.54. The van der Waals surface area contributed by atoms with Gasteiger partial charge in [0.25, 0.3) is 0 Å². The molecule has 0 aliphatic rings. The minimum absolute atomic E-state index is 0.0267. The number of hydrogen-bond acceptors (Lipinski definition) is 5. The number of benzene rings is 1. The third-order valence-electron chi connectivity index (χ3n) is 3.83. The Morgan fingerprint density at radius 3 is 2.40 bits per heavy atom. The molecule has 0 aliphatic heterocycles. The van der Waals surface area contributed by atoms with Crippen LogP contribution in [0.1, 0.15) is 22.4 Å². The normalized spacial score (nSPS) is 11.6. The van der Waals surface area contributed by atoms with E-state index in [9.17, 15) is 8.42 Å². The highest BCUT2D eigenvalue weighted by atomic mass is 32.2. The monoisotopic (exact) mass is 357 g/mol. The Labute approximate surface area is 147 Å². The van der Waals surface area contributed by atoms with Crippen molar-refractivity contribution in [2.24, 2.45) is 0 Å². The number of nitrogens with one attached hydrogen (secondary N) is 1. The summed E-state index contributed by atoms with van der Waals surface area (Å²) in [4.78, 5) is 8.80.